The normalized spacial score (nSPS) is 17.4. The van der Waals surface area contributed by atoms with Crippen molar-refractivity contribution in [1.82, 2.24) is 19.7 Å². The number of ketones is 1. The zero-order chi connectivity index (χ0) is 29.2. The molecule has 9 nitrogen and oxygen atoms in total. The fourth-order valence-corrected chi connectivity index (χ4v) is 5.04. The summed E-state index contributed by atoms with van der Waals surface area (Å²) in [5.74, 6) is -4.89. The fourth-order valence-electron chi connectivity index (χ4n) is 4.78. The topological polar surface area (TPSA) is 126 Å². The van der Waals surface area contributed by atoms with Crippen LogP contribution in [-0.4, -0.2) is 54.1 Å². The Bertz CT molecular complexity index is 1400. The maximum atomic E-state index is 14.3. The van der Waals surface area contributed by atoms with Gasteiger partial charge in [-0.05, 0) is 43.4 Å². The van der Waals surface area contributed by atoms with Gasteiger partial charge in [-0.2, -0.15) is 18.3 Å². The van der Waals surface area contributed by atoms with Crippen LogP contribution in [0.5, 0.6) is 5.75 Å². The number of carbonyl (C=O) groups excluding carboxylic acids is 2. The number of hydrogen-bond acceptors (Lipinski definition) is 6. The minimum atomic E-state index is -5.01. The van der Waals surface area contributed by atoms with Crippen LogP contribution in [0.3, 0.4) is 0 Å². The van der Waals surface area contributed by atoms with E-state index in [2.05, 4.69) is 10.1 Å². The fraction of sp³-hybridized carbons (Fsp3) is 0.346. The quantitative estimate of drug-likeness (QED) is 0.278. The number of aromatic nitrogens is 3. The SMILES string of the molecule is O=C(CN(Cc1ccc(F)cc1)C(=O)c1cnn(C2CCC(C(=O)O)CC2)c1C(F)(F)F)c1c(O)cncc1Cl. The van der Waals surface area contributed by atoms with Crippen LogP contribution in [-0.2, 0) is 17.5 Å². The number of alkyl halides is 3. The van der Waals surface area contributed by atoms with Gasteiger partial charge in [0.2, 0.25) is 0 Å². The van der Waals surface area contributed by atoms with Gasteiger partial charge in [0.25, 0.3) is 5.91 Å². The lowest BCUT2D eigenvalue weighted by Gasteiger charge is -2.28. The monoisotopic (exact) mass is 582 g/mol. The van der Waals surface area contributed by atoms with Crippen molar-refractivity contribution in [3.63, 3.8) is 0 Å². The molecule has 0 bridgehead atoms. The summed E-state index contributed by atoms with van der Waals surface area (Å²) in [5.41, 5.74) is -2.18. The summed E-state index contributed by atoms with van der Waals surface area (Å²) in [6.45, 7) is -1.15. The number of carboxylic acids is 1. The average molecular weight is 583 g/mol. The van der Waals surface area contributed by atoms with Gasteiger partial charge in [0.15, 0.2) is 11.5 Å². The summed E-state index contributed by atoms with van der Waals surface area (Å²) in [7, 11) is 0. The largest absolute Gasteiger partial charge is 0.506 e. The Hall–Kier alpha value is -4.00. The molecular weight excluding hydrogens is 560 g/mol. The van der Waals surface area contributed by atoms with Crippen molar-refractivity contribution in [2.24, 2.45) is 5.92 Å². The summed E-state index contributed by atoms with van der Waals surface area (Å²) in [6.07, 6.45) is -1.65. The van der Waals surface area contributed by atoms with Gasteiger partial charge in [0.05, 0.1) is 47.0 Å². The first-order valence-electron chi connectivity index (χ1n) is 12.1. The van der Waals surface area contributed by atoms with Crippen molar-refractivity contribution < 1.29 is 42.2 Å². The number of amides is 1. The lowest BCUT2D eigenvalue weighted by molar-refractivity contribution is -0.147. The molecule has 4 rings (SSSR count). The predicted octanol–water partition coefficient (Wildman–Crippen LogP) is 5.14. The van der Waals surface area contributed by atoms with E-state index in [4.69, 9.17) is 11.6 Å². The van der Waals surface area contributed by atoms with Gasteiger partial charge in [0, 0.05) is 12.7 Å². The Morgan fingerprint density at radius 3 is 2.27 bits per heavy atom. The Morgan fingerprint density at radius 2 is 1.70 bits per heavy atom. The van der Waals surface area contributed by atoms with Crippen molar-refractivity contribution in [1.29, 1.82) is 0 Å². The summed E-state index contributed by atoms with van der Waals surface area (Å²) < 4.78 is 57.2. The molecule has 1 aliphatic carbocycles. The van der Waals surface area contributed by atoms with E-state index in [-0.39, 0.29) is 42.8 Å². The number of Topliss-reactive ketones (excluding diaryl/α,β-unsaturated/α-hetero) is 1. The summed E-state index contributed by atoms with van der Waals surface area (Å²) in [5, 5.41) is 22.9. The Morgan fingerprint density at radius 1 is 1.05 bits per heavy atom. The molecule has 14 heteroatoms. The number of aromatic hydroxyl groups is 1. The average Bonchev–Trinajstić information content (AvgIpc) is 3.35. The summed E-state index contributed by atoms with van der Waals surface area (Å²) in [6, 6.07) is 4.03. The molecular formula is C26H23ClF4N4O5. The van der Waals surface area contributed by atoms with Crippen LogP contribution >= 0.6 is 11.6 Å². The van der Waals surface area contributed by atoms with Gasteiger partial charge in [-0.1, -0.05) is 23.7 Å². The highest BCUT2D eigenvalue weighted by Gasteiger charge is 2.43. The third kappa shape index (κ3) is 6.24. The van der Waals surface area contributed by atoms with Gasteiger partial charge >= 0.3 is 12.1 Å². The molecule has 1 amide bonds. The molecule has 2 heterocycles. The van der Waals surface area contributed by atoms with Crippen LogP contribution in [0.25, 0.3) is 0 Å². The second kappa shape index (κ2) is 11.6. The van der Waals surface area contributed by atoms with Gasteiger partial charge in [-0.3, -0.25) is 24.0 Å². The van der Waals surface area contributed by atoms with E-state index in [0.717, 1.165) is 35.6 Å². The molecule has 0 saturated heterocycles. The number of carbonyl (C=O) groups is 3. The molecule has 0 aliphatic heterocycles. The molecule has 2 N–H and O–H groups in total. The minimum absolute atomic E-state index is 0.118. The smallest absolute Gasteiger partial charge is 0.433 e. The Kier molecular flexibility index (Phi) is 8.43. The first kappa shape index (κ1) is 29.0. The van der Waals surface area contributed by atoms with Crippen LogP contribution in [0.15, 0.2) is 42.9 Å². The number of halogens is 5. The van der Waals surface area contributed by atoms with Crippen LogP contribution in [0.1, 0.15) is 63.7 Å². The standard InChI is InChI=1S/C26H23ClF4N4O5/c27-19-10-32-11-20(36)22(19)21(37)13-34(12-14-1-5-16(28)6-2-14)24(38)18-9-33-35(23(18)26(29,30)31)17-7-3-15(4-8-17)25(39)40/h1-2,5-6,9-11,15,17,36H,3-4,7-8,12-13H2,(H,39,40). The van der Waals surface area contributed by atoms with Gasteiger partial charge < -0.3 is 15.1 Å². The molecule has 40 heavy (non-hydrogen) atoms. The lowest BCUT2D eigenvalue weighted by atomic mass is 9.86. The summed E-state index contributed by atoms with van der Waals surface area (Å²) in [4.78, 5) is 42.4. The lowest BCUT2D eigenvalue weighted by Crippen LogP contribution is -2.36. The van der Waals surface area contributed by atoms with Gasteiger partial charge in [-0.15, -0.1) is 0 Å². The van der Waals surface area contributed by atoms with Crippen molar-refractivity contribution in [2.75, 3.05) is 6.54 Å². The van der Waals surface area contributed by atoms with Crippen molar-refractivity contribution in [2.45, 2.75) is 44.4 Å². The second-order valence-corrected chi connectivity index (χ2v) is 9.83. The van der Waals surface area contributed by atoms with Crippen LogP contribution in [0.2, 0.25) is 5.02 Å². The molecule has 1 aliphatic rings. The summed E-state index contributed by atoms with van der Waals surface area (Å²) >= 11 is 6.00. The van der Waals surface area contributed by atoms with E-state index in [0.29, 0.717) is 10.2 Å². The number of hydrogen-bond donors (Lipinski definition) is 2. The maximum Gasteiger partial charge on any atom is 0.433 e. The van der Waals surface area contributed by atoms with E-state index >= 15 is 0 Å². The van der Waals surface area contributed by atoms with Crippen molar-refractivity contribution in [3.05, 3.63) is 76.1 Å². The third-order valence-corrected chi connectivity index (χ3v) is 7.04. The molecule has 1 aromatic carbocycles. The Balaban J connectivity index is 1.70. The number of aliphatic carboxylic acids is 1. The van der Waals surface area contributed by atoms with Gasteiger partial charge in [0.1, 0.15) is 11.6 Å². The van der Waals surface area contributed by atoms with Crippen LogP contribution in [0.4, 0.5) is 17.6 Å². The molecule has 0 radical (unpaired) electrons. The first-order valence-corrected chi connectivity index (χ1v) is 12.5. The zero-order valence-electron chi connectivity index (χ0n) is 20.7. The predicted molar refractivity (Wildman–Crippen MR) is 132 cm³/mol. The van der Waals surface area contributed by atoms with E-state index < -0.39 is 65.2 Å². The second-order valence-electron chi connectivity index (χ2n) is 9.42. The maximum absolute atomic E-state index is 14.3. The molecule has 1 saturated carbocycles. The van der Waals surface area contributed by atoms with E-state index in [9.17, 15) is 42.2 Å². The number of benzene rings is 1. The highest BCUT2D eigenvalue weighted by Crippen LogP contribution is 2.39. The van der Waals surface area contributed by atoms with Crippen LogP contribution < -0.4 is 0 Å². The van der Waals surface area contributed by atoms with Gasteiger partial charge in [-0.25, -0.2) is 4.39 Å². The molecule has 0 atom stereocenters. The molecule has 0 spiro atoms. The molecule has 2 aromatic heterocycles. The van der Waals surface area contributed by atoms with Crippen LogP contribution in [0, 0.1) is 11.7 Å². The molecule has 0 unspecified atom stereocenters. The van der Waals surface area contributed by atoms with E-state index in [1.807, 2.05) is 0 Å². The minimum Gasteiger partial charge on any atom is -0.506 e. The van der Waals surface area contributed by atoms with E-state index in [1.54, 1.807) is 0 Å². The first-order chi connectivity index (χ1) is 18.9. The van der Waals surface area contributed by atoms with Crippen molar-refractivity contribution in [3.8, 4) is 5.75 Å². The number of carboxylic acid groups (broad SMARTS) is 1. The number of rotatable bonds is 8. The highest BCUT2D eigenvalue weighted by molar-refractivity contribution is 6.34. The highest BCUT2D eigenvalue weighted by atomic mass is 35.5. The molecule has 3 aromatic rings. The zero-order valence-corrected chi connectivity index (χ0v) is 21.5. The third-order valence-electron chi connectivity index (χ3n) is 6.75. The van der Waals surface area contributed by atoms with E-state index in [1.165, 1.54) is 12.1 Å². The molecule has 212 valence electrons. The van der Waals surface area contributed by atoms with Crippen molar-refractivity contribution >= 4 is 29.3 Å². The number of pyridine rings is 1. The number of nitrogens with zero attached hydrogens (tertiary/aromatic N) is 4. The Labute approximate surface area is 230 Å². The molecule has 1 fully saturated rings.